The largest absolute Gasteiger partial charge is 0.349 e. The zero-order valence-corrected chi connectivity index (χ0v) is 13.2. The van der Waals surface area contributed by atoms with E-state index in [4.69, 9.17) is 0 Å². The second-order valence-corrected chi connectivity index (χ2v) is 5.69. The summed E-state index contributed by atoms with van der Waals surface area (Å²) in [6.07, 6.45) is 1.04. The van der Waals surface area contributed by atoms with Gasteiger partial charge < -0.3 is 10.6 Å². The first kappa shape index (κ1) is 16.2. The van der Waals surface area contributed by atoms with E-state index in [0.29, 0.717) is 19.4 Å². The van der Waals surface area contributed by atoms with Crippen LogP contribution in [-0.4, -0.2) is 22.8 Å². The van der Waals surface area contributed by atoms with Gasteiger partial charge in [-0.2, -0.15) is 0 Å². The number of carbonyl (C=O) groups is 2. The van der Waals surface area contributed by atoms with E-state index < -0.39 is 6.04 Å². The maximum Gasteiger partial charge on any atom is 0.242 e. The molecule has 0 spiro atoms. The Morgan fingerprint density at radius 2 is 2.05 bits per heavy atom. The van der Waals surface area contributed by atoms with Crippen molar-refractivity contribution in [3.8, 4) is 0 Å². The molecule has 2 amide bonds. The summed E-state index contributed by atoms with van der Waals surface area (Å²) in [6.45, 7) is 2.06. The highest BCUT2D eigenvalue weighted by Gasteiger charge is 2.15. The van der Waals surface area contributed by atoms with E-state index in [-0.39, 0.29) is 11.8 Å². The number of hydrogen-bond donors (Lipinski definition) is 2. The molecule has 1 atom stereocenters. The zero-order chi connectivity index (χ0) is 15.8. The van der Waals surface area contributed by atoms with Crippen LogP contribution in [0.1, 0.15) is 24.6 Å². The van der Waals surface area contributed by atoms with E-state index in [1.165, 1.54) is 11.3 Å². The van der Waals surface area contributed by atoms with Crippen LogP contribution in [0.3, 0.4) is 0 Å². The number of nitrogens with zero attached hydrogens (tertiary/aromatic N) is 1. The fourth-order valence-electron chi connectivity index (χ4n) is 1.94. The number of benzene rings is 1. The normalized spacial score (nSPS) is 11.7. The molecule has 0 aliphatic carbocycles. The van der Waals surface area contributed by atoms with E-state index >= 15 is 0 Å². The molecule has 2 aromatic rings. The van der Waals surface area contributed by atoms with Gasteiger partial charge in [-0.15, -0.1) is 11.3 Å². The highest BCUT2D eigenvalue weighted by Crippen LogP contribution is 2.03. The third kappa shape index (κ3) is 5.29. The maximum atomic E-state index is 11.9. The third-order valence-electron chi connectivity index (χ3n) is 3.18. The number of amides is 2. The molecular formula is C16H19N3O2S. The number of thiazole rings is 1. The third-order valence-corrected chi connectivity index (χ3v) is 3.82. The predicted octanol–water partition coefficient (Wildman–Crippen LogP) is 1.90. The minimum absolute atomic E-state index is 0.125. The predicted molar refractivity (Wildman–Crippen MR) is 86.3 cm³/mol. The van der Waals surface area contributed by atoms with Crippen LogP contribution < -0.4 is 10.6 Å². The average molecular weight is 317 g/mol. The molecule has 0 radical (unpaired) electrons. The molecule has 2 rings (SSSR count). The number of aromatic nitrogens is 1. The van der Waals surface area contributed by atoms with Gasteiger partial charge in [-0.1, -0.05) is 30.3 Å². The molecule has 0 unspecified atom stereocenters. The Balaban J connectivity index is 1.70. The Kier molecular flexibility index (Phi) is 6.09. The van der Waals surface area contributed by atoms with Crippen molar-refractivity contribution < 1.29 is 9.59 Å². The lowest BCUT2D eigenvalue weighted by atomic mass is 10.1. The van der Waals surface area contributed by atoms with Crippen LogP contribution in [0.4, 0.5) is 0 Å². The Hall–Kier alpha value is -2.21. The topological polar surface area (TPSA) is 71.1 Å². The van der Waals surface area contributed by atoms with Crippen molar-refractivity contribution in [1.82, 2.24) is 15.6 Å². The molecule has 0 fully saturated rings. The molecule has 0 saturated carbocycles. The number of hydrogen-bond acceptors (Lipinski definition) is 4. The first-order chi connectivity index (χ1) is 10.6. The van der Waals surface area contributed by atoms with Gasteiger partial charge in [0.25, 0.3) is 0 Å². The fourth-order valence-corrected chi connectivity index (χ4v) is 2.50. The van der Waals surface area contributed by atoms with Crippen LogP contribution in [0.15, 0.2) is 41.2 Å². The summed E-state index contributed by atoms with van der Waals surface area (Å²) < 4.78 is 0. The first-order valence-electron chi connectivity index (χ1n) is 7.13. The lowest BCUT2D eigenvalue weighted by Crippen LogP contribution is -2.44. The molecule has 2 N–H and O–H groups in total. The summed E-state index contributed by atoms with van der Waals surface area (Å²) in [4.78, 5) is 27.8. The smallest absolute Gasteiger partial charge is 0.242 e. The minimum atomic E-state index is -0.554. The quantitative estimate of drug-likeness (QED) is 0.819. The Morgan fingerprint density at radius 3 is 2.73 bits per heavy atom. The average Bonchev–Trinajstić information content (AvgIpc) is 3.05. The van der Waals surface area contributed by atoms with Crippen molar-refractivity contribution in [2.45, 2.75) is 32.4 Å². The van der Waals surface area contributed by atoms with Gasteiger partial charge >= 0.3 is 0 Å². The van der Waals surface area contributed by atoms with Crippen LogP contribution >= 0.6 is 11.3 Å². The highest BCUT2D eigenvalue weighted by atomic mass is 32.1. The van der Waals surface area contributed by atoms with Crippen LogP contribution in [0.5, 0.6) is 0 Å². The second-order valence-electron chi connectivity index (χ2n) is 4.97. The summed E-state index contributed by atoms with van der Waals surface area (Å²) in [5.41, 5.74) is 3.65. The Bertz CT molecular complexity index is 599. The van der Waals surface area contributed by atoms with Crippen LogP contribution in [-0.2, 0) is 22.6 Å². The summed E-state index contributed by atoms with van der Waals surface area (Å²) in [5, 5.41) is 7.34. The summed E-state index contributed by atoms with van der Waals surface area (Å²) >= 11 is 1.48. The minimum Gasteiger partial charge on any atom is -0.349 e. The lowest BCUT2D eigenvalue weighted by molar-refractivity contribution is -0.128. The molecule has 22 heavy (non-hydrogen) atoms. The molecule has 0 aliphatic rings. The van der Waals surface area contributed by atoms with E-state index in [1.54, 1.807) is 12.4 Å². The molecule has 0 saturated heterocycles. The van der Waals surface area contributed by atoms with Crippen molar-refractivity contribution in [3.63, 3.8) is 0 Å². The molecule has 5 nitrogen and oxygen atoms in total. The standard InChI is InChI=1S/C16H19N3O2S/c1-12(16(21)17-9-14-10-22-11-18-14)19-15(20)8-7-13-5-3-2-4-6-13/h2-6,10-12H,7-9H2,1H3,(H,17,21)(H,19,20)/t12-/m1/s1. The fraction of sp³-hybridized carbons (Fsp3) is 0.312. The number of carbonyl (C=O) groups excluding carboxylic acids is 2. The van der Waals surface area contributed by atoms with Crippen LogP contribution in [0.25, 0.3) is 0 Å². The summed E-state index contributed by atoms with van der Waals surface area (Å²) in [6, 6.07) is 9.25. The van der Waals surface area contributed by atoms with Crippen molar-refractivity contribution in [1.29, 1.82) is 0 Å². The molecule has 0 aliphatic heterocycles. The van der Waals surface area contributed by atoms with Crippen LogP contribution in [0, 0.1) is 0 Å². The van der Waals surface area contributed by atoms with E-state index in [9.17, 15) is 9.59 Å². The highest BCUT2D eigenvalue weighted by molar-refractivity contribution is 7.07. The van der Waals surface area contributed by atoms with Crippen LogP contribution in [0.2, 0.25) is 0 Å². The first-order valence-corrected chi connectivity index (χ1v) is 8.07. The van der Waals surface area contributed by atoms with Gasteiger partial charge in [0.05, 0.1) is 17.7 Å². The van der Waals surface area contributed by atoms with E-state index in [0.717, 1.165) is 11.3 Å². The van der Waals surface area contributed by atoms with Gasteiger partial charge in [-0.25, -0.2) is 4.98 Å². The van der Waals surface area contributed by atoms with Gasteiger partial charge in [0.2, 0.25) is 11.8 Å². The molecule has 1 aromatic heterocycles. The van der Waals surface area contributed by atoms with Crippen molar-refractivity contribution in [3.05, 3.63) is 52.5 Å². The molecular weight excluding hydrogens is 298 g/mol. The van der Waals surface area contributed by atoms with E-state index in [1.807, 2.05) is 35.7 Å². The maximum absolute atomic E-state index is 11.9. The monoisotopic (exact) mass is 317 g/mol. The molecule has 1 aromatic carbocycles. The molecule has 6 heteroatoms. The van der Waals surface area contributed by atoms with Gasteiger partial charge in [0.15, 0.2) is 0 Å². The summed E-state index contributed by atoms with van der Waals surface area (Å²) in [7, 11) is 0. The molecule has 116 valence electrons. The van der Waals surface area contributed by atoms with Crippen molar-refractivity contribution in [2.75, 3.05) is 0 Å². The Labute approximate surface area is 133 Å². The van der Waals surface area contributed by atoms with E-state index in [2.05, 4.69) is 15.6 Å². The van der Waals surface area contributed by atoms with Gasteiger partial charge in [0.1, 0.15) is 6.04 Å². The van der Waals surface area contributed by atoms with Crippen molar-refractivity contribution >= 4 is 23.2 Å². The number of nitrogens with one attached hydrogen (secondary N) is 2. The second kappa shape index (κ2) is 8.29. The summed E-state index contributed by atoms with van der Waals surface area (Å²) in [5.74, 6) is -0.332. The molecule has 1 heterocycles. The number of aryl methyl sites for hydroxylation is 1. The van der Waals surface area contributed by atoms with Gasteiger partial charge in [0, 0.05) is 11.8 Å². The van der Waals surface area contributed by atoms with Gasteiger partial charge in [-0.3, -0.25) is 9.59 Å². The van der Waals surface area contributed by atoms with Crippen molar-refractivity contribution in [2.24, 2.45) is 0 Å². The zero-order valence-electron chi connectivity index (χ0n) is 12.4. The lowest BCUT2D eigenvalue weighted by Gasteiger charge is -2.13. The number of rotatable bonds is 7. The SMILES string of the molecule is C[C@@H](NC(=O)CCc1ccccc1)C(=O)NCc1cscn1. The van der Waals surface area contributed by atoms with Gasteiger partial charge in [-0.05, 0) is 18.9 Å². The Morgan fingerprint density at radius 1 is 1.27 bits per heavy atom. The molecule has 0 bridgehead atoms.